The van der Waals surface area contributed by atoms with E-state index in [4.69, 9.17) is 16.3 Å². The first-order valence-corrected chi connectivity index (χ1v) is 9.60. The van der Waals surface area contributed by atoms with Gasteiger partial charge in [-0.05, 0) is 46.3 Å². The fourth-order valence-electron chi connectivity index (χ4n) is 2.07. The Bertz CT molecular complexity index is 888. The van der Waals surface area contributed by atoms with Crippen LogP contribution in [0.3, 0.4) is 0 Å². The molecule has 2 aromatic carbocycles. The molecule has 0 aliphatic carbocycles. The van der Waals surface area contributed by atoms with Gasteiger partial charge < -0.3 is 9.47 Å². The Kier molecular flexibility index (Phi) is 6.31. The second-order valence-electron chi connectivity index (χ2n) is 4.84. The summed E-state index contributed by atoms with van der Waals surface area (Å²) in [6, 6.07) is 10.7. The van der Waals surface area contributed by atoms with Gasteiger partial charge in [0.15, 0.2) is 0 Å². The molecule has 0 atom stereocenters. The molecule has 0 spiro atoms. The van der Waals surface area contributed by atoms with E-state index >= 15 is 0 Å². The van der Waals surface area contributed by atoms with Crippen LogP contribution in [0.25, 0.3) is 0 Å². The summed E-state index contributed by atoms with van der Waals surface area (Å²) < 4.78 is 37.3. The molecule has 0 saturated carbocycles. The number of rotatable bonds is 6. The summed E-state index contributed by atoms with van der Waals surface area (Å²) in [4.78, 5) is 11.7. The first kappa shape index (κ1) is 19.6. The summed E-state index contributed by atoms with van der Waals surface area (Å²) in [6.07, 6.45) is 0. The topological polar surface area (TPSA) is 72.9 Å². The molecule has 0 N–H and O–H groups in total. The highest BCUT2D eigenvalue weighted by Crippen LogP contribution is 2.33. The highest BCUT2D eigenvalue weighted by atomic mass is 79.9. The zero-order chi connectivity index (χ0) is 18.6. The van der Waals surface area contributed by atoms with Crippen molar-refractivity contribution in [1.82, 2.24) is 0 Å². The third-order valence-corrected chi connectivity index (χ3v) is 6.03. The molecule has 0 amide bonds. The lowest BCUT2D eigenvalue weighted by molar-refractivity contribution is -0.138. The molecule has 2 aromatic rings. The fourth-order valence-corrected chi connectivity index (χ4v) is 4.51. The molecule has 25 heavy (non-hydrogen) atoms. The molecule has 6 nitrogen and oxygen atoms in total. The number of carbonyl (C=O) groups is 1. The summed E-state index contributed by atoms with van der Waals surface area (Å²) in [6.45, 7) is -0.508. The zero-order valence-corrected chi connectivity index (χ0v) is 16.6. The molecule has 2 rings (SSSR count). The Morgan fingerprint density at radius 2 is 1.88 bits per heavy atom. The molecule has 134 valence electrons. The average Bonchev–Trinajstić information content (AvgIpc) is 2.60. The van der Waals surface area contributed by atoms with Gasteiger partial charge in [-0.15, -0.1) is 0 Å². The average molecular weight is 449 g/mol. The van der Waals surface area contributed by atoms with Crippen molar-refractivity contribution in [3.8, 4) is 5.75 Å². The molecule has 0 aromatic heterocycles. The van der Waals surface area contributed by atoms with E-state index in [0.717, 1.165) is 4.31 Å². The minimum atomic E-state index is -4.07. The van der Waals surface area contributed by atoms with Crippen molar-refractivity contribution in [2.75, 3.05) is 25.1 Å². The maximum atomic E-state index is 13.1. The number of esters is 1. The van der Waals surface area contributed by atoms with Crippen LogP contribution in [0.4, 0.5) is 5.69 Å². The number of para-hydroxylation sites is 1. The van der Waals surface area contributed by atoms with Crippen LogP contribution >= 0.6 is 27.5 Å². The van der Waals surface area contributed by atoms with Crippen molar-refractivity contribution in [1.29, 1.82) is 0 Å². The lowest BCUT2D eigenvalue weighted by Gasteiger charge is -2.24. The largest absolute Gasteiger partial charge is 0.496 e. The van der Waals surface area contributed by atoms with Gasteiger partial charge in [0.05, 0.1) is 34.3 Å². The number of nitrogens with zero attached hydrogens (tertiary/aromatic N) is 1. The Labute approximate surface area is 159 Å². The van der Waals surface area contributed by atoms with Gasteiger partial charge in [0, 0.05) is 0 Å². The summed E-state index contributed by atoms with van der Waals surface area (Å²) in [5, 5.41) is 0.197. The first-order valence-electron chi connectivity index (χ1n) is 6.99. The lowest BCUT2D eigenvalue weighted by Crippen LogP contribution is -2.36. The quantitative estimate of drug-likeness (QED) is 0.633. The van der Waals surface area contributed by atoms with E-state index in [1.54, 1.807) is 18.2 Å². The van der Waals surface area contributed by atoms with Crippen LogP contribution in [0.15, 0.2) is 51.8 Å². The molecule has 0 aliphatic rings. The van der Waals surface area contributed by atoms with Gasteiger partial charge in [-0.25, -0.2) is 8.42 Å². The number of sulfonamides is 1. The van der Waals surface area contributed by atoms with Gasteiger partial charge in [0.2, 0.25) is 0 Å². The molecule has 9 heteroatoms. The van der Waals surface area contributed by atoms with E-state index < -0.39 is 22.5 Å². The van der Waals surface area contributed by atoms with E-state index in [9.17, 15) is 13.2 Å². The predicted molar refractivity (Wildman–Crippen MR) is 98.7 cm³/mol. The van der Waals surface area contributed by atoms with Gasteiger partial charge in [0.1, 0.15) is 12.3 Å². The van der Waals surface area contributed by atoms with Gasteiger partial charge >= 0.3 is 5.97 Å². The molecule has 0 fully saturated rings. The summed E-state index contributed by atoms with van der Waals surface area (Å²) in [5.41, 5.74) is 0.182. The standard InChI is InChI=1S/C16H15BrClNO5S/c1-23-15-8-7-11(9-12(15)17)25(21,22)19(10-16(20)24-2)14-6-4-3-5-13(14)18/h3-9H,10H2,1-2H3. The van der Waals surface area contributed by atoms with Gasteiger partial charge in [0.25, 0.3) is 10.0 Å². The maximum absolute atomic E-state index is 13.1. The fraction of sp³-hybridized carbons (Fsp3) is 0.188. The molecule has 0 saturated heterocycles. The van der Waals surface area contributed by atoms with Crippen molar-refractivity contribution in [2.45, 2.75) is 4.90 Å². The number of halogens is 2. The van der Waals surface area contributed by atoms with Crippen LogP contribution in [-0.2, 0) is 19.6 Å². The van der Waals surface area contributed by atoms with Crippen molar-refractivity contribution in [3.05, 3.63) is 52.0 Å². The summed E-state index contributed by atoms with van der Waals surface area (Å²) in [7, 11) is -1.41. The normalized spacial score (nSPS) is 11.0. The third-order valence-electron chi connectivity index (χ3n) is 3.33. The van der Waals surface area contributed by atoms with Gasteiger partial charge in [-0.1, -0.05) is 23.7 Å². The molecule has 0 heterocycles. The monoisotopic (exact) mass is 447 g/mol. The molecule has 0 unspecified atom stereocenters. The molecule has 0 bridgehead atoms. The second-order valence-corrected chi connectivity index (χ2v) is 7.96. The smallest absolute Gasteiger partial charge is 0.326 e. The Balaban J connectivity index is 2.57. The third kappa shape index (κ3) is 4.26. The number of hydrogen-bond donors (Lipinski definition) is 0. The van der Waals surface area contributed by atoms with Gasteiger partial charge in [-0.3, -0.25) is 9.10 Å². The highest BCUT2D eigenvalue weighted by molar-refractivity contribution is 9.10. The minimum Gasteiger partial charge on any atom is -0.496 e. The Morgan fingerprint density at radius 1 is 1.20 bits per heavy atom. The molecule has 0 radical (unpaired) electrons. The van der Waals surface area contributed by atoms with Crippen LogP contribution in [0, 0.1) is 0 Å². The number of methoxy groups -OCH3 is 2. The van der Waals surface area contributed by atoms with E-state index in [-0.39, 0.29) is 15.6 Å². The summed E-state index contributed by atoms with van der Waals surface area (Å²) in [5.74, 6) is -0.229. The number of benzene rings is 2. The number of hydrogen-bond acceptors (Lipinski definition) is 5. The van der Waals surface area contributed by atoms with Gasteiger partial charge in [-0.2, -0.15) is 0 Å². The number of anilines is 1. The molecular formula is C16H15BrClNO5S. The van der Waals surface area contributed by atoms with Crippen LogP contribution < -0.4 is 9.04 Å². The lowest BCUT2D eigenvalue weighted by atomic mass is 10.3. The van der Waals surface area contributed by atoms with Crippen molar-refractivity contribution < 1.29 is 22.7 Å². The SMILES string of the molecule is COC(=O)CN(c1ccccc1Cl)S(=O)(=O)c1ccc(OC)c(Br)c1. The van der Waals surface area contributed by atoms with Crippen LogP contribution in [0.1, 0.15) is 0 Å². The van der Waals surface area contributed by atoms with E-state index in [0.29, 0.717) is 10.2 Å². The Morgan fingerprint density at radius 3 is 2.44 bits per heavy atom. The zero-order valence-electron chi connectivity index (χ0n) is 13.4. The number of ether oxygens (including phenoxy) is 2. The second kappa shape index (κ2) is 8.07. The van der Waals surface area contributed by atoms with Crippen molar-refractivity contribution in [3.63, 3.8) is 0 Å². The minimum absolute atomic E-state index is 0.0241. The van der Waals surface area contributed by atoms with E-state index in [1.807, 2.05) is 0 Å². The van der Waals surface area contributed by atoms with Crippen molar-refractivity contribution >= 4 is 49.2 Å². The molecule has 0 aliphatic heterocycles. The van der Waals surface area contributed by atoms with Crippen LogP contribution in [0.2, 0.25) is 5.02 Å². The summed E-state index contributed by atoms with van der Waals surface area (Å²) >= 11 is 9.39. The highest BCUT2D eigenvalue weighted by Gasteiger charge is 2.29. The van der Waals surface area contributed by atoms with Crippen LogP contribution in [-0.4, -0.2) is 35.2 Å². The predicted octanol–water partition coefficient (Wildman–Crippen LogP) is 3.48. The Hall–Kier alpha value is -1.77. The maximum Gasteiger partial charge on any atom is 0.326 e. The number of carbonyl (C=O) groups excluding carboxylic acids is 1. The van der Waals surface area contributed by atoms with E-state index in [2.05, 4.69) is 20.7 Å². The van der Waals surface area contributed by atoms with E-state index in [1.165, 1.54) is 38.5 Å². The van der Waals surface area contributed by atoms with Crippen molar-refractivity contribution in [2.24, 2.45) is 0 Å². The van der Waals surface area contributed by atoms with Crippen LogP contribution in [0.5, 0.6) is 5.75 Å². The first-order chi connectivity index (χ1) is 11.8. The molecular weight excluding hydrogens is 434 g/mol.